The van der Waals surface area contributed by atoms with Crippen LogP contribution in [0.4, 0.5) is 14.5 Å². The molecule has 0 aliphatic rings. The minimum atomic E-state index is -2.91. The molecular weight excluding hydrogens is 364 g/mol. The van der Waals surface area contributed by atoms with Crippen molar-refractivity contribution in [3.8, 4) is 23.1 Å². The Bertz CT molecular complexity index is 1070. The van der Waals surface area contributed by atoms with Crippen molar-refractivity contribution in [2.45, 2.75) is 20.5 Å². The summed E-state index contributed by atoms with van der Waals surface area (Å²) in [5, 5.41) is 10.3. The maximum atomic E-state index is 12.5. The normalized spacial score (nSPS) is 10.9. The molecule has 1 heterocycles. The molecule has 0 atom stereocenters. The molecular formula is C21H19F2N3O2. The van der Waals surface area contributed by atoms with E-state index >= 15 is 0 Å². The fourth-order valence-corrected chi connectivity index (χ4v) is 3.43. The molecule has 0 aliphatic carbocycles. The third-order valence-corrected chi connectivity index (χ3v) is 4.66. The first-order chi connectivity index (χ1) is 13.4. The molecule has 1 amide bonds. The van der Waals surface area contributed by atoms with Gasteiger partial charge in [-0.3, -0.25) is 4.79 Å². The molecule has 1 aromatic heterocycles. The zero-order valence-corrected chi connectivity index (χ0v) is 15.7. The minimum absolute atomic E-state index is 0.0366. The number of halogens is 2. The Kier molecular flexibility index (Phi) is 5.32. The first kappa shape index (κ1) is 19.4. The molecule has 0 fully saturated rings. The lowest BCUT2D eigenvalue weighted by molar-refractivity contribution is -0.116. The summed E-state index contributed by atoms with van der Waals surface area (Å²) in [4.78, 5) is 13.4. The van der Waals surface area contributed by atoms with E-state index in [1.54, 1.807) is 22.6 Å². The number of ether oxygens (including phenoxy) is 1. The average molecular weight is 383 g/mol. The number of aromatic nitrogens is 1. The van der Waals surface area contributed by atoms with E-state index in [1.165, 1.54) is 19.1 Å². The molecule has 28 heavy (non-hydrogen) atoms. The van der Waals surface area contributed by atoms with E-state index in [1.807, 2.05) is 31.2 Å². The average Bonchev–Trinajstić information content (AvgIpc) is 2.94. The molecule has 2 aromatic carbocycles. The van der Waals surface area contributed by atoms with Crippen molar-refractivity contribution in [3.63, 3.8) is 0 Å². The SMILES string of the molecule is CCN(C(C)=O)c1ccc(-c2c(C#N)c3ccc(OC(F)F)cc3n2C)cc1. The van der Waals surface area contributed by atoms with Gasteiger partial charge in [0.1, 0.15) is 11.8 Å². The Morgan fingerprint density at radius 1 is 1.25 bits per heavy atom. The van der Waals surface area contributed by atoms with Crippen molar-refractivity contribution < 1.29 is 18.3 Å². The van der Waals surface area contributed by atoms with E-state index in [9.17, 15) is 18.8 Å². The molecule has 0 bridgehead atoms. The number of rotatable bonds is 5. The lowest BCUT2D eigenvalue weighted by atomic mass is 10.1. The third-order valence-electron chi connectivity index (χ3n) is 4.66. The van der Waals surface area contributed by atoms with Crippen molar-refractivity contribution in [3.05, 3.63) is 48.0 Å². The summed E-state index contributed by atoms with van der Waals surface area (Å²) >= 11 is 0. The largest absolute Gasteiger partial charge is 0.435 e. The highest BCUT2D eigenvalue weighted by molar-refractivity contribution is 5.96. The molecule has 0 unspecified atom stereocenters. The smallest absolute Gasteiger partial charge is 0.387 e. The van der Waals surface area contributed by atoms with Crippen LogP contribution in [-0.4, -0.2) is 23.6 Å². The van der Waals surface area contributed by atoms with Crippen LogP contribution in [0.2, 0.25) is 0 Å². The number of carbonyl (C=O) groups excluding carboxylic acids is 1. The summed E-state index contributed by atoms with van der Waals surface area (Å²) in [6, 6.07) is 14.1. The van der Waals surface area contributed by atoms with Crippen molar-refractivity contribution in [2.75, 3.05) is 11.4 Å². The number of benzene rings is 2. The molecule has 0 aliphatic heterocycles. The van der Waals surface area contributed by atoms with Gasteiger partial charge in [0, 0.05) is 37.7 Å². The van der Waals surface area contributed by atoms with Gasteiger partial charge >= 0.3 is 6.61 Å². The fraction of sp³-hybridized carbons (Fsp3) is 0.238. The van der Waals surface area contributed by atoms with E-state index in [2.05, 4.69) is 10.8 Å². The highest BCUT2D eigenvalue weighted by Crippen LogP contribution is 2.35. The summed E-state index contributed by atoms with van der Waals surface area (Å²) in [5.74, 6) is -0.0151. The number of anilines is 1. The zero-order chi connectivity index (χ0) is 20.4. The standard InChI is InChI=1S/C21H19F2N3O2/c1-4-26(13(2)27)15-7-5-14(6-8-15)20-18(12-24)17-10-9-16(28-21(22)23)11-19(17)25(20)3/h5-11,21H,4H2,1-3H3. The summed E-state index contributed by atoms with van der Waals surface area (Å²) in [6.45, 7) is 1.04. The molecule has 0 radical (unpaired) electrons. The number of hydrogen-bond donors (Lipinski definition) is 0. The van der Waals surface area contributed by atoms with Crippen LogP contribution in [0.1, 0.15) is 19.4 Å². The number of nitriles is 1. The fourth-order valence-electron chi connectivity index (χ4n) is 3.43. The van der Waals surface area contributed by atoms with Crippen molar-refractivity contribution >= 4 is 22.5 Å². The van der Waals surface area contributed by atoms with Crippen LogP contribution < -0.4 is 9.64 Å². The molecule has 144 valence electrons. The lowest BCUT2D eigenvalue weighted by Gasteiger charge is -2.19. The summed E-state index contributed by atoms with van der Waals surface area (Å²) in [7, 11) is 1.77. The summed E-state index contributed by atoms with van der Waals surface area (Å²) < 4.78 is 31.3. The van der Waals surface area contributed by atoms with Gasteiger partial charge in [0.25, 0.3) is 0 Å². The van der Waals surface area contributed by atoms with Crippen LogP contribution in [0.25, 0.3) is 22.2 Å². The van der Waals surface area contributed by atoms with E-state index in [0.29, 0.717) is 28.7 Å². The Balaban J connectivity index is 2.11. The van der Waals surface area contributed by atoms with Crippen LogP contribution in [0.15, 0.2) is 42.5 Å². The predicted octanol–water partition coefficient (Wildman–Crippen LogP) is 4.69. The van der Waals surface area contributed by atoms with Crippen LogP contribution in [0, 0.1) is 11.3 Å². The number of carbonyl (C=O) groups is 1. The van der Waals surface area contributed by atoms with Gasteiger partial charge in [-0.2, -0.15) is 14.0 Å². The highest BCUT2D eigenvalue weighted by atomic mass is 19.3. The highest BCUT2D eigenvalue weighted by Gasteiger charge is 2.18. The van der Waals surface area contributed by atoms with Gasteiger partial charge < -0.3 is 14.2 Å². The number of amides is 1. The Morgan fingerprint density at radius 2 is 1.93 bits per heavy atom. The molecule has 3 aromatic rings. The number of aryl methyl sites for hydroxylation is 1. The second-order valence-corrected chi connectivity index (χ2v) is 6.26. The Hall–Kier alpha value is -3.40. The maximum absolute atomic E-state index is 12.5. The van der Waals surface area contributed by atoms with Gasteiger partial charge in [-0.05, 0) is 36.8 Å². The maximum Gasteiger partial charge on any atom is 0.387 e. The monoisotopic (exact) mass is 383 g/mol. The lowest BCUT2D eigenvalue weighted by Crippen LogP contribution is -2.27. The van der Waals surface area contributed by atoms with Crippen molar-refractivity contribution in [2.24, 2.45) is 7.05 Å². The van der Waals surface area contributed by atoms with Gasteiger partial charge in [0.2, 0.25) is 5.91 Å². The van der Waals surface area contributed by atoms with Crippen molar-refractivity contribution in [1.29, 1.82) is 5.26 Å². The molecule has 5 nitrogen and oxygen atoms in total. The van der Waals surface area contributed by atoms with E-state index < -0.39 is 6.61 Å². The van der Waals surface area contributed by atoms with Crippen LogP contribution >= 0.6 is 0 Å². The van der Waals surface area contributed by atoms with Gasteiger partial charge in [-0.25, -0.2) is 0 Å². The minimum Gasteiger partial charge on any atom is -0.435 e. The van der Waals surface area contributed by atoms with Crippen LogP contribution in [-0.2, 0) is 11.8 Å². The topological polar surface area (TPSA) is 58.3 Å². The van der Waals surface area contributed by atoms with Gasteiger partial charge in [0.15, 0.2) is 0 Å². The van der Waals surface area contributed by atoms with E-state index in [0.717, 1.165) is 11.3 Å². The molecule has 0 N–H and O–H groups in total. The zero-order valence-electron chi connectivity index (χ0n) is 15.7. The van der Waals surface area contributed by atoms with Gasteiger partial charge in [0.05, 0.1) is 16.8 Å². The summed E-state index contributed by atoms with van der Waals surface area (Å²) in [6.07, 6.45) is 0. The van der Waals surface area contributed by atoms with Gasteiger partial charge in [-0.15, -0.1) is 0 Å². The van der Waals surface area contributed by atoms with Crippen LogP contribution in [0.5, 0.6) is 5.75 Å². The summed E-state index contributed by atoms with van der Waals surface area (Å²) in [5.41, 5.74) is 3.29. The number of nitrogens with zero attached hydrogens (tertiary/aromatic N) is 3. The second kappa shape index (κ2) is 7.69. The molecule has 0 saturated carbocycles. The Morgan fingerprint density at radius 3 is 2.46 bits per heavy atom. The number of fused-ring (bicyclic) bond motifs is 1. The number of hydrogen-bond acceptors (Lipinski definition) is 3. The predicted molar refractivity (Wildman–Crippen MR) is 103 cm³/mol. The quantitative estimate of drug-likeness (QED) is 0.642. The molecule has 0 saturated heterocycles. The molecule has 0 spiro atoms. The van der Waals surface area contributed by atoms with Crippen molar-refractivity contribution in [1.82, 2.24) is 4.57 Å². The van der Waals surface area contributed by atoms with E-state index in [4.69, 9.17) is 0 Å². The Labute approximate surface area is 161 Å². The van der Waals surface area contributed by atoms with Crippen LogP contribution in [0.3, 0.4) is 0 Å². The first-order valence-electron chi connectivity index (χ1n) is 8.73. The second-order valence-electron chi connectivity index (χ2n) is 6.26. The number of alkyl halides is 2. The van der Waals surface area contributed by atoms with Gasteiger partial charge in [-0.1, -0.05) is 12.1 Å². The molecule has 3 rings (SSSR count). The first-order valence-corrected chi connectivity index (χ1v) is 8.73. The van der Waals surface area contributed by atoms with E-state index in [-0.39, 0.29) is 11.7 Å². The molecule has 7 heteroatoms. The third kappa shape index (κ3) is 3.41.